The molecule has 0 saturated heterocycles. The number of ketones is 1. The summed E-state index contributed by atoms with van der Waals surface area (Å²) in [5.74, 6) is -1.97. The maximum Gasteiger partial charge on any atom is 0.195 e. The van der Waals surface area contributed by atoms with Crippen molar-refractivity contribution < 1.29 is 30.3 Å². The molecule has 0 radical (unpaired) electrons. The summed E-state index contributed by atoms with van der Waals surface area (Å²) in [6, 6.07) is 7.40. The number of benzene rings is 2. The summed E-state index contributed by atoms with van der Waals surface area (Å²) < 4.78 is 0. The molecular weight excluding hydrogens is 276 g/mol. The van der Waals surface area contributed by atoms with Gasteiger partial charge >= 0.3 is 0 Å². The van der Waals surface area contributed by atoms with Crippen LogP contribution in [0.25, 0.3) is 0 Å². The van der Waals surface area contributed by atoms with Crippen molar-refractivity contribution in [1.29, 1.82) is 0 Å². The summed E-state index contributed by atoms with van der Waals surface area (Å²) in [6.45, 7) is 0. The van der Waals surface area contributed by atoms with Crippen LogP contribution in [-0.4, -0.2) is 37.4 Å². The Morgan fingerprint density at radius 2 is 1.62 bits per heavy atom. The first kappa shape index (κ1) is 14.7. The Morgan fingerprint density at radius 1 is 0.905 bits per heavy atom. The van der Waals surface area contributed by atoms with Gasteiger partial charge in [0.1, 0.15) is 17.6 Å². The Hall–Kier alpha value is -2.73. The van der Waals surface area contributed by atoms with Crippen LogP contribution >= 0.6 is 0 Å². The quantitative estimate of drug-likeness (QED) is 0.428. The van der Waals surface area contributed by atoms with E-state index in [-0.39, 0.29) is 29.2 Å². The molecule has 0 spiro atoms. The number of phenolic OH excluding ortho intramolecular Hbond substituents is 4. The highest BCUT2D eigenvalue weighted by Crippen LogP contribution is 2.27. The van der Waals surface area contributed by atoms with Gasteiger partial charge in [0.25, 0.3) is 0 Å². The monoisotopic (exact) mass is 290 g/mol. The van der Waals surface area contributed by atoms with Crippen LogP contribution in [0.4, 0.5) is 0 Å². The summed E-state index contributed by atoms with van der Waals surface area (Å²) in [6.07, 6.45) is -1.52. The minimum absolute atomic E-state index is 0.0903. The van der Waals surface area contributed by atoms with Gasteiger partial charge in [0.2, 0.25) is 0 Å². The van der Waals surface area contributed by atoms with Crippen LogP contribution in [0.1, 0.15) is 15.9 Å². The molecule has 21 heavy (non-hydrogen) atoms. The van der Waals surface area contributed by atoms with Crippen LogP contribution in [0.3, 0.4) is 0 Å². The van der Waals surface area contributed by atoms with Crippen LogP contribution in [0.2, 0.25) is 0 Å². The van der Waals surface area contributed by atoms with E-state index in [1.54, 1.807) is 0 Å². The van der Waals surface area contributed by atoms with Gasteiger partial charge in [-0.05, 0) is 29.8 Å². The molecule has 6 heteroatoms. The number of phenols is 4. The Balaban J connectivity index is 2.17. The van der Waals surface area contributed by atoms with E-state index in [4.69, 9.17) is 5.11 Å². The van der Waals surface area contributed by atoms with Crippen molar-refractivity contribution in [2.24, 2.45) is 0 Å². The smallest absolute Gasteiger partial charge is 0.195 e. The van der Waals surface area contributed by atoms with Gasteiger partial charge in [-0.15, -0.1) is 0 Å². The van der Waals surface area contributed by atoms with E-state index in [0.717, 1.165) is 6.07 Å². The van der Waals surface area contributed by atoms with Crippen LogP contribution in [0.5, 0.6) is 23.0 Å². The van der Waals surface area contributed by atoms with E-state index in [1.807, 2.05) is 0 Å². The number of hydrogen-bond donors (Lipinski definition) is 5. The molecule has 1 atom stereocenters. The molecule has 2 rings (SSSR count). The maximum absolute atomic E-state index is 12.0. The van der Waals surface area contributed by atoms with Gasteiger partial charge in [-0.25, -0.2) is 0 Å². The average molecular weight is 290 g/mol. The van der Waals surface area contributed by atoms with Gasteiger partial charge in [-0.2, -0.15) is 0 Å². The standard InChI is InChI=1S/C15H14O6/c16-9-2-3-10(12(18)7-9)15(21)14(20)6-8-1-4-11(17)13(19)5-8/h1-5,7,14,16-20H,6H2. The zero-order chi connectivity index (χ0) is 15.6. The van der Waals surface area contributed by atoms with E-state index in [2.05, 4.69) is 0 Å². The van der Waals surface area contributed by atoms with E-state index in [9.17, 15) is 25.2 Å². The summed E-state index contributed by atoms with van der Waals surface area (Å²) in [7, 11) is 0. The van der Waals surface area contributed by atoms with Gasteiger partial charge in [0.05, 0.1) is 5.56 Å². The SMILES string of the molecule is O=C(c1ccc(O)cc1O)C(O)Cc1ccc(O)c(O)c1. The second-order valence-corrected chi connectivity index (χ2v) is 4.61. The topological polar surface area (TPSA) is 118 Å². The number of aromatic hydroxyl groups is 4. The summed E-state index contributed by atoms with van der Waals surface area (Å²) in [5, 5.41) is 47.2. The number of aliphatic hydroxyl groups is 1. The second-order valence-electron chi connectivity index (χ2n) is 4.61. The molecule has 0 aliphatic heterocycles. The maximum atomic E-state index is 12.0. The van der Waals surface area contributed by atoms with Crippen molar-refractivity contribution in [3.05, 3.63) is 47.5 Å². The molecular formula is C15H14O6. The van der Waals surface area contributed by atoms with E-state index in [1.165, 1.54) is 30.3 Å². The first-order chi connectivity index (χ1) is 9.88. The second kappa shape index (κ2) is 5.72. The highest BCUT2D eigenvalue weighted by atomic mass is 16.3. The highest BCUT2D eigenvalue weighted by molar-refractivity contribution is 6.01. The van der Waals surface area contributed by atoms with Crippen LogP contribution < -0.4 is 0 Å². The number of Topliss-reactive ketones (excluding diaryl/α,β-unsaturated/α-hetero) is 1. The normalized spacial score (nSPS) is 12.0. The first-order valence-electron chi connectivity index (χ1n) is 6.13. The van der Waals surface area contributed by atoms with Crippen LogP contribution in [0, 0.1) is 0 Å². The lowest BCUT2D eigenvalue weighted by atomic mass is 9.99. The van der Waals surface area contributed by atoms with E-state index >= 15 is 0 Å². The number of rotatable bonds is 4. The average Bonchev–Trinajstić information content (AvgIpc) is 2.42. The van der Waals surface area contributed by atoms with Gasteiger partial charge < -0.3 is 25.5 Å². The Labute approximate surface area is 120 Å². The van der Waals surface area contributed by atoms with Gasteiger partial charge in [0, 0.05) is 12.5 Å². The molecule has 1 unspecified atom stereocenters. The molecule has 0 amide bonds. The van der Waals surface area contributed by atoms with E-state index in [0.29, 0.717) is 5.56 Å². The molecule has 110 valence electrons. The van der Waals surface area contributed by atoms with Crippen molar-refractivity contribution in [2.75, 3.05) is 0 Å². The lowest BCUT2D eigenvalue weighted by Gasteiger charge is -2.11. The lowest BCUT2D eigenvalue weighted by molar-refractivity contribution is 0.0745. The molecule has 0 fully saturated rings. The third-order valence-corrected chi connectivity index (χ3v) is 3.02. The van der Waals surface area contributed by atoms with Crippen LogP contribution in [0.15, 0.2) is 36.4 Å². The zero-order valence-electron chi connectivity index (χ0n) is 10.9. The van der Waals surface area contributed by atoms with Crippen molar-refractivity contribution in [3.8, 4) is 23.0 Å². The Morgan fingerprint density at radius 3 is 2.24 bits per heavy atom. The molecule has 5 N–H and O–H groups in total. The molecule has 2 aromatic rings. The molecule has 0 heterocycles. The van der Waals surface area contributed by atoms with Crippen molar-refractivity contribution in [2.45, 2.75) is 12.5 Å². The minimum Gasteiger partial charge on any atom is -0.508 e. The Kier molecular flexibility index (Phi) is 4.00. The highest BCUT2D eigenvalue weighted by Gasteiger charge is 2.21. The number of hydrogen-bond acceptors (Lipinski definition) is 6. The summed E-state index contributed by atoms with van der Waals surface area (Å²) in [4.78, 5) is 12.0. The van der Waals surface area contributed by atoms with Crippen molar-refractivity contribution in [3.63, 3.8) is 0 Å². The first-order valence-corrected chi connectivity index (χ1v) is 6.13. The third-order valence-electron chi connectivity index (χ3n) is 3.02. The molecule has 0 aromatic heterocycles. The van der Waals surface area contributed by atoms with Gasteiger partial charge in [-0.3, -0.25) is 4.79 Å². The van der Waals surface area contributed by atoms with Gasteiger partial charge in [-0.1, -0.05) is 6.07 Å². The number of carbonyl (C=O) groups is 1. The van der Waals surface area contributed by atoms with E-state index < -0.39 is 17.6 Å². The number of carbonyl (C=O) groups excluding carboxylic acids is 1. The van der Waals surface area contributed by atoms with Gasteiger partial charge in [0.15, 0.2) is 17.3 Å². The predicted molar refractivity (Wildman–Crippen MR) is 73.6 cm³/mol. The van der Waals surface area contributed by atoms with Crippen LogP contribution in [-0.2, 0) is 6.42 Å². The molecule has 0 saturated carbocycles. The van der Waals surface area contributed by atoms with Crippen molar-refractivity contribution >= 4 is 5.78 Å². The zero-order valence-corrected chi connectivity index (χ0v) is 10.9. The fourth-order valence-electron chi connectivity index (χ4n) is 1.92. The molecule has 0 bridgehead atoms. The largest absolute Gasteiger partial charge is 0.508 e. The fourth-order valence-corrected chi connectivity index (χ4v) is 1.92. The summed E-state index contributed by atoms with van der Waals surface area (Å²) in [5.41, 5.74) is 0.340. The summed E-state index contributed by atoms with van der Waals surface area (Å²) >= 11 is 0. The molecule has 0 aliphatic rings. The fraction of sp³-hybridized carbons (Fsp3) is 0.133. The Bertz CT molecular complexity index is 680. The molecule has 6 nitrogen and oxygen atoms in total. The minimum atomic E-state index is -1.43. The number of aliphatic hydroxyl groups excluding tert-OH is 1. The molecule has 0 aliphatic carbocycles. The lowest BCUT2D eigenvalue weighted by Crippen LogP contribution is -2.23. The third kappa shape index (κ3) is 3.24. The van der Waals surface area contributed by atoms with Crippen molar-refractivity contribution in [1.82, 2.24) is 0 Å². The molecule has 2 aromatic carbocycles. The predicted octanol–water partition coefficient (Wildman–Crippen LogP) is 1.30.